The summed E-state index contributed by atoms with van der Waals surface area (Å²) in [5.41, 5.74) is 1.00. The van der Waals surface area contributed by atoms with Crippen LogP contribution in [0.3, 0.4) is 0 Å². The van der Waals surface area contributed by atoms with Crippen molar-refractivity contribution in [1.82, 2.24) is 15.8 Å². The van der Waals surface area contributed by atoms with Crippen molar-refractivity contribution in [2.45, 2.75) is 32.2 Å². The number of hydrogen-bond donors (Lipinski definition) is 2. The van der Waals surface area contributed by atoms with Crippen molar-refractivity contribution < 1.29 is 14.1 Å². The molecule has 6 nitrogen and oxygen atoms in total. The molecule has 19 heavy (non-hydrogen) atoms. The monoisotopic (exact) mass is 267 g/mol. The maximum Gasteiger partial charge on any atom is 0.256 e. The molecule has 0 aliphatic carbocycles. The summed E-state index contributed by atoms with van der Waals surface area (Å²) >= 11 is 0. The van der Waals surface area contributed by atoms with Gasteiger partial charge in [0.25, 0.3) is 5.91 Å². The predicted octanol–water partition coefficient (Wildman–Crippen LogP) is 0.790. The highest BCUT2D eigenvalue weighted by Crippen LogP contribution is 2.19. The van der Waals surface area contributed by atoms with Gasteiger partial charge in [-0.3, -0.25) is 4.79 Å². The number of amides is 1. The lowest BCUT2D eigenvalue weighted by Crippen LogP contribution is -2.53. The molecule has 0 radical (unpaired) electrons. The second kappa shape index (κ2) is 5.71. The van der Waals surface area contributed by atoms with Crippen LogP contribution >= 0.6 is 0 Å². The van der Waals surface area contributed by atoms with Crippen LogP contribution in [-0.4, -0.2) is 43.4 Å². The van der Waals surface area contributed by atoms with Crippen molar-refractivity contribution in [2.75, 3.05) is 26.8 Å². The molecule has 0 bridgehead atoms. The number of carbonyl (C=O) groups is 1. The smallest absolute Gasteiger partial charge is 0.256 e. The molecule has 2 N–H and O–H groups in total. The molecule has 0 saturated carbocycles. The Kier molecular flexibility index (Phi) is 4.21. The molecule has 1 unspecified atom stereocenters. The molecule has 1 aromatic rings. The van der Waals surface area contributed by atoms with E-state index in [1.165, 1.54) is 0 Å². The minimum absolute atomic E-state index is 0.138. The van der Waals surface area contributed by atoms with Gasteiger partial charge in [0.05, 0.1) is 17.8 Å². The number of carbonyl (C=O) groups excluding carboxylic acids is 1. The van der Waals surface area contributed by atoms with Crippen LogP contribution in [0.25, 0.3) is 0 Å². The molecule has 1 atom stereocenters. The molecule has 106 valence electrons. The first-order chi connectivity index (χ1) is 9.08. The van der Waals surface area contributed by atoms with Gasteiger partial charge in [-0.15, -0.1) is 0 Å². The molecule has 6 heteroatoms. The van der Waals surface area contributed by atoms with Gasteiger partial charge < -0.3 is 19.9 Å². The van der Waals surface area contributed by atoms with Crippen LogP contribution in [0, 0.1) is 13.8 Å². The highest BCUT2D eigenvalue weighted by molar-refractivity contribution is 5.96. The first-order valence-corrected chi connectivity index (χ1v) is 6.53. The van der Waals surface area contributed by atoms with E-state index >= 15 is 0 Å². The molecule has 1 aliphatic rings. The lowest BCUT2D eigenvalue weighted by atomic mass is 9.98. The SMILES string of the molecule is COCC1(CNC(=O)c2c(C)noc2C)CCCN1. The Morgan fingerprint density at radius 3 is 2.89 bits per heavy atom. The number of hydrogen-bond acceptors (Lipinski definition) is 5. The van der Waals surface area contributed by atoms with E-state index in [2.05, 4.69) is 15.8 Å². The van der Waals surface area contributed by atoms with Gasteiger partial charge in [-0.25, -0.2) is 0 Å². The summed E-state index contributed by atoms with van der Waals surface area (Å²) in [5, 5.41) is 10.2. The van der Waals surface area contributed by atoms with Gasteiger partial charge in [0.2, 0.25) is 0 Å². The first-order valence-electron chi connectivity index (χ1n) is 6.53. The van der Waals surface area contributed by atoms with Crippen LogP contribution in [0.4, 0.5) is 0 Å². The average molecular weight is 267 g/mol. The minimum atomic E-state index is -0.149. The quantitative estimate of drug-likeness (QED) is 0.825. The molecule has 2 rings (SSSR count). The maximum atomic E-state index is 12.2. The third-order valence-electron chi connectivity index (χ3n) is 3.60. The van der Waals surface area contributed by atoms with E-state index in [-0.39, 0.29) is 11.4 Å². The molecular formula is C13H21N3O3. The van der Waals surface area contributed by atoms with E-state index in [0.717, 1.165) is 19.4 Å². The van der Waals surface area contributed by atoms with Crippen molar-refractivity contribution >= 4 is 5.91 Å². The van der Waals surface area contributed by atoms with Gasteiger partial charge >= 0.3 is 0 Å². The van der Waals surface area contributed by atoms with Crippen molar-refractivity contribution in [2.24, 2.45) is 0 Å². The second-order valence-corrected chi connectivity index (χ2v) is 5.13. The zero-order valence-corrected chi connectivity index (χ0v) is 11.7. The predicted molar refractivity (Wildman–Crippen MR) is 70.2 cm³/mol. The Hall–Kier alpha value is -1.40. The fraction of sp³-hybridized carbons (Fsp3) is 0.692. The fourth-order valence-electron chi connectivity index (χ4n) is 2.62. The normalized spacial score (nSPS) is 22.7. The van der Waals surface area contributed by atoms with Crippen LogP contribution in [0.1, 0.15) is 34.7 Å². The third-order valence-corrected chi connectivity index (χ3v) is 3.60. The number of aryl methyl sites for hydroxylation is 2. The van der Waals surface area contributed by atoms with Gasteiger partial charge in [-0.05, 0) is 33.2 Å². The van der Waals surface area contributed by atoms with Gasteiger partial charge in [0, 0.05) is 13.7 Å². The zero-order valence-electron chi connectivity index (χ0n) is 11.7. The van der Waals surface area contributed by atoms with Gasteiger partial charge in [0.1, 0.15) is 11.3 Å². The number of aromatic nitrogens is 1. The molecule has 1 aliphatic heterocycles. The van der Waals surface area contributed by atoms with E-state index in [0.29, 0.717) is 30.2 Å². The van der Waals surface area contributed by atoms with E-state index in [4.69, 9.17) is 9.26 Å². The summed E-state index contributed by atoms with van der Waals surface area (Å²) in [6.07, 6.45) is 2.10. The topological polar surface area (TPSA) is 76.4 Å². The van der Waals surface area contributed by atoms with E-state index in [1.807, 2.05) is 0 Å². The van der Waals surface area contributed by atoms with Crippen molar-refractivity contribution in [3.63, 3.8) is 0 Å². The molecule has 0 spiro atoms. The van der Waals surface area contributed by atoms with Crippen LogP contribution in [0.5, 0.6) is 0 Å². The van der Waals surface area contributed by atoms with Gasteiger partial charge in [0.15, 0.2) is 0 Å². The maximum absolute atomic E-state index is 12.2. The Morgan fingerprint density at radius 1 is 1.58 bits per heavy atom. The molecule has 1 aromatic heterocycles. The van der Waals surface area contributed by atoms with Crippen LogP contribution < -0.4 is 10.6 Å². The molecule has 1 saturated heterocycles. The van der Waals surface area contributed by atoms with E-state index in [9.17, 15) is 4.79 Å². The molecular weight excluding hydrogens is 246 g/mol. The second-order valence-electron chi connectivity index (χ2n) is 5.13. The number of methoxy groups -OCH3 is 1. The summed E-state index contributed by atoms with van der Waals surface area (Å²) < 4.78 is 10.3. The molecule has 2 heterocycles. The highest BCUT2D eigenvalue weighted by Gasteiger charge is 2.34. The standard InChI is InChI=1S/C13H21N3O3/c1-9-11(10(2)19-16-9)12(17)14-7-13(8-18-3)5-4-6-15-13/h15H,4-8H2,1-3H3,(H,14,17). The lowest BCUT2D eigenvalue weighted by Gasteiger charge is -2.28. The third kappa shape index (κ3) is 2.96. The van der Waals surface area contributed by atoms with Crippen LogP contribution in [0.15, 0.2) is 4.52 Å². The lowest BCUT2D eigenvalue weighted by molar-refractivity contribution is 0.0890. The number of nitrogens with zero attached hydrogens (tertiary/aromatic N) is 1. The Morgan fingerprint density at radius 2 is 2.37 bits per heavy atom. The van der Waals surface area contributed by atoms with Crippen molar-refractivity contribution in [3.8, 4) is 0 Å². The molecule has 1 amide bonds. The van der Waals surface area contributed by atoms with Gasteiger partial charge in [-0.2, -0.15) is 0 Å². The van der Waals surface area contributed by atoms with Crippen molar-refractivity contribution in [3.05, 3.63) is 17.0 Å². The number of nitrogens with one attached hydrogen (secondary N) is 2. The van der Waals surface area contributed by atoms with Crippen LogP contribution in [0.2, 0.25) is 0 Å². The number of ether oxygens (including phenoxy) is 1. The Balaban J connectivity index is 2.00. The zero-order chi connectivity index (χ0) is 13.9. The highest BCUT2D eigenvalue weighted by atomic mass is 16.5. The van der Waals surface area contributed by atoms with E-state index in [1.54, 1.807) is 21.0 Å². The summed E-state index contributed by atoms with van der Waals surface area (Å²) in [4.78, 5) is 12.2. The Bertz CT molecular complexity index is 430. The minimum Gasteiger partial charge on any atom is -0.383 e. The summed E-state index contributed by atoms with van der Waals surface area (Å²) in [7, 11) is 1.68. The Labute approximate surface area is 112 Å². The number of rotatable bonds is 5. The largest absolute Gasteiger partial charge is 0.383 e. The first kappa shape index (κ1) is 14.0. The summed E-state index contributed by atoms with van der Waals surface area (Å²) in [6.45, 7) is 5.61. The fourth-order valence-corrected chi connectivity index (χ4v) is 2.62. The van der Waals surface area contributed by atoms with Crippen LogP contribution in [-0.2, 0) is 4.74 Å². The van der Waals surface area contributed by atoms with Crippen molar-refractivity contribution in [1.29, 1.82) is 0 Å². The van der Waals surface area contributed by atoms with Gasteiger partial charge in [-0.1, -0.05) is 5.16 Å². The summed E-state index contributed by atoms with van der Waals surface area (Å²) in [5.74, 6) is 0.413. The van der Waals surface area contributed by atoms with E-state index < -0.39 is 0 Å². The molecule has 0 aromatic carbocycles. The summed E-state index contributed by atoms with van der Waals surface area (Å²) in [6, 6.07) is 0. The molecule has 1 fully saturated rings. The average Bonchev–Trinajstić information content (AvgIpc) is 2.96.